The van der Waals surface area contributed by atoms with E-state index in [1.807, 2.05) is 42.1 Å². The van der Waals surface area contributed by atoms with Gasteiger partial charge in [0.1, 0.15) is 0 Å². The van der Waals surface area contributed by atoms with Crippen molar-refractivity contribution in [1.82, 2.24) is 20.3 Å². The number of nitrogens with zero attached hydrogens (tertiary/aromatic N) is 3. The van der Waals surface area contributed by atoms with Crippen LogP contribution in [0.1, 0.15) is 5.56 Å². The Morgan fingerprint density at radius 2 is 1.90 bits per heavy atom. The number of nitrogens with one attached hydrogen (secondary N) is 1. The Bertz CT molecular complexity index is 688. The summed E-state index contributed by atoms with van der Waals surface area (Å²) in [4.78, 5) is 0. The third-order valence-corrected chi connectivity index (χ3v) is 3.15. The van der Waals surface area contributed by atoms with Gasteiger partial charge < -0.3 is 5.32 Å². The van der Waals surface area contributed by atoms with Gasteiger partial charge in [0.15, 0.2) is 0 Å². The number of aromatic nitrogens is 3. The van der Waals surface area contributed by atoms with Crippen LogP contribution in [0.2, 0.25) is 0 Å². The highest BCUT2D eigenvalue weighted by molar-refractivity contribution is 5.61. The lowest BCUT2D eigenvalue weighted by molar-refractivity contribution is 0.806. The predicted octanol–water partition coefficient (Wildman–Crippen LogP) is 2.65. The highest BCUT2D eigenvalue weighted by Crippen LogP contribution is 2.22. The molecule has 0 atom stereocenters. The number of para-hydroxylation sites is 1. The zero-order chi connectivity index (χ0) is 13.8. The summed E-state index contributed by atoms with van der Waals surface area (Å²) >= 11 is 0. The average Bonchev–Trinajstić information content (AvgIpc) is 2.98. The molecular weight excluding hydrogens is 248 g/mol. The van der Waals surface area contributed by atoms with Gasteiger partial charge in [0.25, 0.3) is 0 Å². The molecule has 0 saturated heterocycles. The van der Waals surface area contributed by atoms with Crippen molar-refractivity contribution in [3.63, 3.8) is 0 Å². The van der Waals surface area contributed by atoms with E-state index in [1.165, 1.54) is 5.56 Å². The molecule has 1 aromatic heterocycles. The quantitative estimate of drug-likeness (QED) is 0.787. The van der Waals surface area contributed by atoms with Gasteiger partial charge in [0.2, 0.25) is 0 Å². The average molecular weight is 264 g/mol. The van der Waals surface area contributed by atoms with Crippen molar-refractivity contribution in [3.05, 3.63) is 66.4 Å². The molecule has 3 aromatic rings. The molecule has 0 fully saturated rings. The molecule has 1 N–H and O–H groups in total. The summed E-state index contributed by atoms with van der Waals surface area (Å²) in [7, 11) is 1.95. The van der Waals surface area contributed by atoms with Crippen LogP contribution >= 0.6 is 0 Å². The third-order valence-electron chi connectivity index (χ3n) is 3.15. The van der Waals surface area contributed by atoms with E-state index >= 15 is 0 Å². The normalized spacial score (nSPS) is 10.7. The molecule has 100 valence electrons. The van der Waals surface area contributed by atoms with E-state index in [4.69, 9.17) is 0 Å². The van der Waals surface area contributed by atoms with Gasteiger partial charge in [-0.3, -0.25) is 0 Å². The molecule has 1 heterocycles. The fraction of sp³-hybridized carbons (Fsp3) is 0.125. The molecule has 0 aliphatic carbocycles. The molecule has 4 nitrogen and oxygen atoms in total. The van der Waals surface area contributed by atoms with Crippen molar-refractivity contribution in [3.8, 4) is 16.9 Å². The maximum Gasteiger partial charge on any atom is 0.0944 e. The van der Waals surface area contributed by atoms with E-state index in [0.29, 0.717) is 0 Å². The lowest BCUT2D eigenvalue weighted by atomic mass is 10.1. The molecule has 0 spiro atoms. The lowest BCUT2D eigenvalue weighted by Crippen LogP contribution is -2.05. The van der Waals surface area contributed by atoms with E-state index < -0.39 is 0 Å². The molecule has 0 radical (unpaired) electrons. The molecule has 3 rings (SSSR count). The fourth-order valence-electron chi connectivity index (χ4n) is 2.24. The van der Waals surface area contributed by atoms with Gasteiger partial charge >= 0.3 is 0 Å². The minimum absolute atomic E-state index is 0.848. The van der Waals surface area contributed by atoms with Gasteiger partial charge in [-0.15, -0.1) is 5.10 Å². The topological polar surface area (TPSA) is 42.7 Å². The summed E-state index contributed by atoms with van der Waals surface area (Å²) in [5.41, 5.74) is 4.37. The van der Waals surface area contributed by atoms with Crippen molar-refractivity contribution in [2.24, 2.45) is 0 Å². The van der Waals surface area contributed by atoms with Gasteiger partial charge in [-0.2, -0.15) is 0 Å². The van der Waals surface area contributed by atoms with Crippen LogP contribution in [-0.4, -0.2) is 22.0 Å². The zero-order valence-electron chi connectivity index (χ0n) is 11.3. The van der Waals surface area contributed by atoms with E-state index in [0.717, 1.165) is 23.5 Å². The van der Waals surface area contributed by atoms with Crippen LogP contribution in [0.25, 0.3) is 16.9 Å². The van der Waals surface area contributed by atoms with Gasteiger partial charge in [0, 0.05) is 12.1 Å². The minimum atomic E-state index is 0.848. The summed E-state index contributed by atoms with van der Waals surface area (Å²) in [6.07, 6.45) is 1.80. The van der Waals surface area contributed by atoms with Crippen LogP contribution < -0.4 is 5.32 Å². The van der Waals surface area contributed by atoms with Crippen LogP contribution in [0.3, 0.4) is 0 Å². The maximum atomic E-state index is 4.19. The summed E-state index contributed by atoms with van der Waals surface area (Å²) in [6, 6.07) is 18.4. The van der Waals surface area contributed by atoms with Gasteiger partial charge in [0.05, 0.1) is 17.6 Å². The van der Waals surface area contributed by atoms with Crippen molar-refractivity contribution < 1.29 is 0 Å². The Labute approximate surface area is 118 Å². The number of hydrogen-bond acceptors (Lipinski definition) is 3. The molecular formula is C16H16N4. The summed E-state index contributed by atoms with van der Waals surface area (Å²) in [6.45, 7) is 0.848. The van der Waals surface area contributed by atoms with Crippen molar-refractivity contribution >= 4 is 0 Å². The second kappa shape index (κ2) is 5.67. The lowest BCUT2D eigenvalue weighted by Gasteiger charge is -2.07. The van der Waals surface area contributed by atoms with E-state index in [9.17, 15) is 0 Å². The number of benzene rings is 2. The third kappa shape index (κ3) is 2.46. The molecule has 0 saturated carbocycles. The highest BCUT2D eigenvalue weighted by atomic mass is 15.4. The SMILES string of the molecule is CNCc1cccc(-c2cnnn2-c2ccccc2)c1. The number of hydrogen-bond donors (Lipinski definition) is 1. The first kappa shape index (κ1) is 12.6. The molecule has 0 bridgehead atoms. The van der Waals surface area contributed by atoms with Crippen molar-refractivity contribution in [1.29, 1.82) is 0 Å². The zero-order valence-corrected chi connectivity index (χ0v) is 11.3. The molecule has 4 heteroatoms. The Kier molecular flexibility index (Phi) is 3.56. The second-order valence-corrected chi connectivity index (χ2v) is 4.60. The summed E-state index contributed by atoms with van der Waals surface area (Å²) in [5.74, 6) is 0. The van der Waals surface area contributed by atoms with Gasteiger partial charge in [-0.25, -0.2) is 4.68 Å². The molecule has 0 unspecified atom stereocenters. The van der Waals surface area contributed by atoms with Crippen LogP contribution in [-0.2, 0) is 6.54 Å². The molecule has 0 amide bonds. The van der Waals surface area contributed by atoms with Crippen LogP contribution in [0.5, 0.6) is 0 Å². The summed E-state index contributed by atoms with van der Waals surface area (Å²) in [5, 5.41) is 11.4. The molecule has 0 aliphatic rings. The van der Waals surface area contributed by atoms with E-state index in [1.54, 1.807) is 6.20 Å². The number of rotatable bonds is 4. The Morgan fingerprint density at radius 3 is 2.70 bits per heavy atom. The smallest absolute Gasteiger partial charge is 0.0944 e. The van der Waals surface area contributed by atoms with Crippen LogP contribution in [0.15, 0.2) is 60.8 Å². The maximum absolute atomic E-state index is 4.19. The largest absolute Gasteiger partial charge is 0.316 e. The van der Waals surface area contributed by atoms with Crippen molar-refractivity contribution in [2.75, 3.05) is 7.05 Å². The first-order chi connectivity index (χ1) is 9.88. The summed E-state index contributed by atoms with van der Waals surface area (Å²) < 4.78 is 1.86. The van der Waals surface area contributed by atoms with Crippen molar-refractivity contribution in [2.45, 2.75) is 6.54 Å². The van der Waals surface area contributed by atoms with Gasteiger partial charge in [-0.05, 0) is 30.8 Å². The van der Waals surface area contributed by atoms with E-state index in [2.05, 4.69) is 39.9 Å². The standard InChI is InChI=1S/C16H16N4/c1-17-11-13-6-5-7-14(10-13)16-12-18-19-20(16)15-8-3-2-4-9-15/h2-10,12,17H,11H2,1H3. The fourth-order valence-corrected chi connectivity index (χ4v) is 2.24. The first-order valence-electron chi connectivity index (χ1n) is 6.58. The highest BCUT2D eigenvalue weighted by Gasteiger charge is 2.08. The van der Waals surface area contributed by atoms with Gasteiger partial charge in [-0.1, -0.05) is 41.6 Å². The molecule has 20 heavy (non-hydrogen) atoms. The van der Waals surface area contributed by atoms with Crippen LogP contribution in [0.4, 0.5) is 0 Å². The Morgan fingerprint density at radius 1 is 1.05 bits per heavy atom. The monoisotopic (exact) mass is 264 g/mol. The Balaban J connectivity index is 2.04. The Hall–Kier alpha value is -2.46. The first-order valence-corrected chi connectivity index (χ1v) is 6.58. The van der Waals surface area contributed by atoms with Crippen LogP contribution in [0, 0.1) is 0 Å². The second-order valence-electron chi connectivity index (χ2n) is 4.60. The predicted molar refractivity (Wildman–Crippen MR) is 79.6 cm³/mol. The molecule has 0 aliphatic heterocycles. The molecule has 2 aromatic carbocycles. The van der Waals surface area contributed by atoms with E-state index in [-0.39, 0.29) is 0 Å². The minimum Gasteiger partial charge on any atom is -0.316 e.